The lowest BCUT2D eigenvalue weighted by Crippen LogP contribution is -2.67. The number of hydrogen-bond donors (Lipinski definition) is 11. The first-order valence-corrected chi connectivity index (χ1v) is 15.9. The predicted molar refractivity (Wildman–Crippen MR) is 149 cm³/mol. The molecule has 0 radical (unpaired) electrons. The molecule has 20 heteroatoms. The fraction of sp³-hybridized carbons (Fsp3) is 0.964. The molecule has 5 aliphatic heterocycles. The normalized spacial score (nSPS) is 55.0. The number of nitrogens with zero attached hydrogens (tertiary/aromatic N) is 1. The summed E-state index contributed by atoms with van der Waals surface area (Å²) in [5.41, 5.74) is 0. The molecule has 1 aliphatic carbocycles. The largest absolute Gasteiger partial charge is 0.450 e. The Kier molecular flexibility index (Phi) is 10.7. The molecule has 0 aromatic rings. The van der Waals surface area contributed by atoms with Crippen LogP contribution in [0.4, 0.5) is 0 Å². The van der Waals surface area contributed by atoms with E-state index in [1.807, 2.05) is 0 Å². The van der Waals surface area contributed by atoms with Gasteiger partial charge in [0.25, 0.3) is 0 Å². The molecule has 0 bridgehead atoms. The maximum absolute atomic E-state index is 11.3. The summed E-state index contributed by atoms with van der Waals surface area (Å²) in [5, 5.41) is 116. The van der Waals surface area contributed by atoms with Crippen LogP contribution in [-0.2, 0) is 37.9 Å². The maximum atomic E-state index is 11.3. The molecule has 4 saturated heterocycles. The van der Waals surface area contributed by atoms with Gasteiger partial charge in [-0.1, -0.05) is 6.92 Å². The quantitative estimate of drug-likeness (QED) is 0.101. The zero-order chi connectivity index (χ0) is 34.8. The van der Waals surface area contributed by atoms with Crippen LogP contribution in [0.25, 0.3) is 0 Å². The summed E-state index contributed by atoms with van der Waals surface area (Å²) < 4.78 is 44.7. The molecular weight excluding hydrogens is 654 g/mol. The average molecular weight is 700 g/mol. The first kappa shape index (κ1) is 36.5. The molecule has 0 aromatic carbocycles. The van der Waals surface area contributed by atoms with Crippen LogP contribution in [-0.4, -0.2) is 198 Å². The van der Waals surface area contributed by atoms with E-state index < -0.39 is 148 Å². The van der Waals surface area contributed by atoms with E-state index in [1.54, 1.807) is 13.8 Å². The van der Waals surface area contributed by atoms with Crippen molar-refractivity contribution < 1.29 is 94.1 Å². The van der Waals surface area contributed by atoms with Gasteiger partial charge in [0.05, 0.1) is 50.0 Å². The minimum absolute atomic E-state index is 0.267. The lowest BCUT2D eigenvalue weighted by molar-refractivity contribution is -0.455. The minimum atomic E-state index is -2.22. The van der Waals surface area contributed by atoms with E-state index in [-0.39, 0.29) is 12.3 Å². The third-order valence-corrected chi connectivity index (χ3v) is 10.1. The highest BCUT2D eigenvalue weighted by atomic mass is 16.8. The van der Waals surface area contributed by atoms with Gasteiger partial charge in [0.1, 0.15) is 67.1 Å². The lowest BCUT2D eigenvalue weighted by atomic mass is 9.88. The van der Waals surface area contributed by atoms with E-state index in [0.717, 1.165) is 0 Å². The van der Waals surface area contributed by atoms with Crippen molar-refractivity contribution in [3.63, 3.8) is 0 Å². The van der Waals surface area contributed by atoms with Gasteiger partial charge in [-0.05, 0) is 6.42 Å². The Morgan fingerprint density at radius 1 is 0.688 bits per heavy atom. The van der Waals surface area contributed by atoms with Gasteiger partial charge in [0, 0.05) is 6.92 Å². The van der Waals surface area contributed by atoms with Crippen molar-refractivity contribution in [2.24, 2.45) is 16.8 Å². The highest BCUT2D eigenvalue weighted by molar-refractivity contribution is 5.75. The van der Waals surface area contributed by atoms with Gasteiger partial charge < -0.3 is 94.1 Å². The number of fused-ring (bicyclic) bond motifs is 2. The molecule has 0 aromatic heterocycles. The van der Waals surface area contributed by atoms with Crippen molar-refractivity contribution in [3.05, 3.63) is 0 Å². The predicted octanol–water partition coefficient (Wildman–Crippen LogP) is -6.66. The summed E-state index contributed by atoms with van der Waals surface area (Å²) in [6.07, 6.45) is -24.2. The third-order valence-electron chi connectivity index (χ3n) is 10.1. The highest BCUT2D eigenvalue weighted by Crippen LogP contribution is 2.54. The molecule has 1 saturated carbocycles. The Hall–Kier alpha value is -1.25. The van der Waals surface area contributed by atoms with Crippen LogP contribution in [0, 0.1) is 11.8 Å². The molecule has 5 fully saturated rings. The van der Waals surface area contributed by atoms with Crippen LogP contribution in [0.5, 0.6) is 0 Å². The molecule has 11 N–H and O–H groups in total. The molecule has 276 valence electrons. The van der Waals surface area contributed by atoms with Crippen LogP contribution < -0.4 is 0 Å². The molecular formula is C28H45NO19. The summed E-state index contributed by atoms with van der Waals surface area (Å²) in [7, 11) is 0. The second kappa shape index (κ2) is 14.1. The summed E-state index contributed by atoms with van der Waals surface area (Å²) in [6.45, 7) is 1.54. The number of aliphatic imine (C=N–C) groups is 1. The number of aliphatic hydroxyl groups excluding tert-OH is 10. The van der Waals surface area contributed by atoms with Crippen molar-refractivity contribution >= 4 is 5.90 Å². The summed E-state index contributed by atoms with van der Waals surface area (Å²) >= 11 is 0. The molecule has 0 amide bonds. The van der Waals surface area contributed by atoms with E-state index >= 15 is 0 Å². The van der Waals surface area contributed by atoms with Crippen LogP contribution in [0.1, 0.15) is 20.3 Å². The summed E-state index contributed by atoms with van der Waals surface area (Å²) in [5.74, 6) is -4.56. The Balaban J connectivity index is 1.06. The van der Waals surface area contributed by atoms with E-state index in [0.29, 0.717) is 0 Å². The van der Waals surface area contributed by atoms with Gasteiger partial charge in [-0.3, -0.25) is 0 Å². The zero-order valence-electron chi connectivity index (χ0n) is 26.0. The van der Waals surface area contributed by atoms with Gasteiger partial charge >= 0.3 is 0 Å². The highest BCUT2D eigenvalue weighted by Gasteiger charge is 2.72. The van der Waals surface area contributed by atoms with Crippen molar-refractivity contribution in [3.8, 4) is 0 Å². The number of aliphatic hydroxyl groups is 11. The standard InChI is InChI=1S/C28H45NO19/c1-3-9-15(32)19(36)21(38)27(44-9)42-6-11-16(33)20(37)22(39)26(46-11)41-5-8-14(31)17(34)12-24(48-28(8,12)40)47-23-10(4-30)45-25-13(18(23)35)29-7(2)43-25/h8-27,30-40H,3-6H2,1-2H3/t8?,9?,10?,11?,12?,13?,14-,15-,16-,17?,18?,19?,20?,21?,22?,23-,24-,25+,26+,27+,28?/m1/s1. The zero-order valence-corrected chi connectivity index (χ0v) is 26.0. The Morgan fingerprint density at radius 2 is 1.29 bits per heavy atom. The number of hydrogen-bond acceptors (Lipinski definition) is 20. The van der Waals surface area contributed by atoms with Crippen molar-refractivity contribution in [1.29, 1.82) is 0 Å². The van der Waals surface area contributed by atoms with Crippen molar-refractivity contribution in [2.45, 2.75) is 137 Å². The molecule has 21 atom stereocenters. The first-order valence-electron chi connectivity index (χ1n) is 15.9. The summed E-state index contributed by atoms with van der Waals surface area (Å²) in [4.78, 5) is 4.17. The molecule has 6 aliphatic rings. The Bertz CT molecular complexity index is 1150. The van der Waals surface area contributed by atoms with E-state index in [1.165, 1.54) is 0 Å². The van der Waals surface area contributed by atoms with E-state index in [4.69, 9.17) is 37.9 Å². The maximum Gasteiger partial charge on any atom is 0.227 e. The Labute approximate surface area is 273 Å². The average Bonchev–Trinajstić information content (AvgIpc) is 3.50. The third kappa shape index (κ3) is 6.18. The second-order valence-corrected chi connectivity index (χ2v) is 13.0. The van der Waals surface area contributed by atoms with E-state index in [2.05, 4.69) is 4.99 Å². The van der Waals surface area contributed by atoms with Crippen molar-refractivity contribution in [1.82, 2.24) is 0 Å². The molecule has 20 nitrogen and oxygen atoms in total. The smallest absolute Gasteiger partial charge is 0.227 e. The van der Waals surface area contributed by atoms with Crippen LogP contribution in [0.15, 0.2) is 4.99 Å². The van der Waals surface area contributed by atoms with Gasteiger partial charge in [-0.2, -0.15) is 0 Å². The van der Waals surface area contributed by atoms with Gasteiger partial charge in [-0.15, -0.1) is 0 Å². The second-order valence-electron chi connectivity index (χ2n) is 13.0. The molecule has 6 rings (SSSR count). The monoisotopic (exact) mass is 699 g/mol. The number of ether oxygens (including phenoxy) is 8. The van der Waals surface area contributed by atoms with Crippen LogP contribution >= 0.6 is 0 Å². The van der Waals surface area contributed by atoms with Gasteiger partial charge in [0.15, 0.2) is 30.6 Å². The lowest BCUT2D eigenvalue weighted by Gasteiger charge is -2.52. The minimum Gasteiger partial charge on any atom is -0.450 e. The fourth-order valence-electron chi connectivity index (χ4n) is 7.22. The molecule has 13 unspecified atom stereocenters. The van der Waals surface area contributed by atoms with Crippen molar-refractivity contribution in [2.75, 3.05) is 19.8 Å². The van der Waals surface area contributed by atoms with Crippen LogP contribution in [0.3, 0.4) is 0 Å². The SMILES string of the molecule is CCC1O[C@H](OCC2O[C@H](OCC3[C@@H](O)C(O)C4[C@H](O[C@@H]5C(CO)O[C@@H]6OC(C)=NC6C5O)OC43O)C(O)C(O)[C@@H]2O)C(O)C(O)[C@@H]1O. The van der Waals surface area contributed by atoms with Gasteiger partial charge in [0.2, 0.25) is 6.29 Å². The summed E-state index contributed by atoms with van der Waals surface area (Å²) in [6, 6.07) is -0.866. The molecule has 0 spiro atoms. The molecule has 48 heavy (non-hydrogen) atoms. The van der Waals surface area contributed by atoms with E-state index in [9.17, 15) is 56.2 Å². The number of rotatable bonds is 10. The first-order chi connectivity index (χ1) is 22.7. The van der Waals surface area contributed by atoms with Gasteiger partial charge in [-0.25, -0.2) is 4.99 Å². The molecule has 5 heterocycles. The topological polar surface area (TPSA) is 309 Å². The van der Waals surface area contributed by atoms with Crippen LogP contribution in [0.2, 0.25) is 0 Å². The fourth-order valence-corrected chi connectivity index (χ4v) is 7.22. The Morgan fingerprint density at radius 3 is 1.92 bits per heavy atom.